The summed E-state index contributed by atoms with van der Waals surface area (Å²) in [6.45, 7) is 12.4. The smallest absolute Gasteiger partial charge is 0.324 e. The van der Waals surface area contributed by atoms with E-state index in [0.29, 0.717) is 13.2 Å². The van der Waals surface area contributed by atoms with Crippen LogP contribution in [0.1, 0.15) is 47.5 Å². The van der Waals surface area contributed by atoms with Crippen LogP contribution in [-0.4, -0.2) is 49.2 Å². The third-order valence-electron chi connectivity index (χ3n) is 3.57. The van der Waals surface area contributed by atoms with Gasteiger partial charge in [0, 0.05) is 12.1 Å². The van der Waals surface area contributed by atoms with E-state index in [2.05, 4.69) is 45.0 Å². The Kier molecular flexibility index (Phi) is 8.20. The predicted molar refractivity (Wildman–Crippen MR) is 75.7 cm³/mol. The van der Waals surface area contributed by atoms with E-state index in [1.807, 2.05) is 6.92 Å². The number of rotatable bonds is 9. The van der Waals surface area contributed by atoms with Gasteiger partial charge < -0.3 is 10.1 Å². The van der Waals surface area contributed by atoms with Crippen LogP contribution in [0.15, 0.2) is 0 Å². The topological polar surface area (TPSA) is 41.6 Å². The second-order valence-corrected chi connectivity index (χ2v) is 5.31. The highest BCUT2D eigenvalue weighted by atomic mass is 16.5. The summed E-state index contributed by atoms with van der Waals surface area (Å²) < 4.78 is 5.12. The quantitative estimate of drug-likeness (QED) is 0.643. The summed E-state index contributed by atoms with van der Waals surface area (Å²) in [4.78, 5) is 14.1. The minimum Gasteiger partial charge on any atom is -0.465 e. The van der Waals surface area contributed by atoms with Crippen molar-refractivity contribution >= 4 is 5.97 Å². The molecule has 0 aromatic rings. The summed E-state index contributed by atoms with van der Waals surface area (Å²) in [5, 5.41) is 3.26. The van der Waals surface area contributed by atoms with Crippen molar-refractivity contribution in [3.8, 4) is 0 Å². The fourth-order valence-corrected chi connectivity index (χ4v) is 1.57. The molecule has 108 valence electrons. The highest BCUT2D eigenvalue weighted by Gasteiger charge is 2.27. The van der Waals surface area contributed by atoms with Gasteiger partial charge in [-0.3, -0.25) is 9.69 Å². The SMILES string of the molecule is CCCNC(CN(C)C(C)(C)CC)C(=O)OCC. The minimum absolute atomic E-state index is 0.0959. The van der Waals surface area contributed by atoms with Crippen LogP contribution in [0.5, 0.6) is 0 Å². The minimum atomic E-state index is -0.235. The maximum atomic E-state index is 11.9. The number of nitrogens with zero attached hydrogens (tertiary/aromatic N) is 1. The number of likely N-dealkylation sites (N-methyl/N-ethyl adjacent to an activating group) is 1. The van der Waals surface area contributed by atoms with Gasteiger partial charge in [0.15, 0.2) is 0 Å². The van der Waals surface area contributed by atoms with E-state index in [-0.39, 0.29) is 17.6 Å². The van der Waals surface area contributed by atoms with Gasteiger partial charge in [0.05, 0.1) is 6.61 Å². The van der Waals surface area contributed by atoms with Crippen molar-refractivity contribution in [2.45, 2.75) is 59.0 Å². The van der Waals surface area contributed by atoms with Crippen LogP contribution in [0.4, 0.5) is 0 Å². The fourth-order valence-electron chi connectivity index (χ4n) is 1.57. The van der Waals surface area contributed by atoms with E-state index in [0.717, 1.165) is 19.4 Å². The molecule has 0 amide bonds. The number of hydrogen-bond donors (Lipinski definition) is 1. The first-order valence-corrected chi connectivity index (χ1v) is 7.00. The highest BCUT2D eigenvalue weighted by Crippen LogP contribution is 2.16. The first-order chi connectivity index (χ1) is 8.38. The average molecular weight is 258 g/mol. The maximum absolute atomic E-state index is 11.9. The van der Waals surface area contributed by atoms with Crippen LogP contribution >= 0.6 is 0 Å². The Morgan fingerprint density at radius 3 is 2.39 bits per heavy atom. The van der Waals surface area contributed by atoms with Crippen LogP contribution in [0.2, 0.25) is 0 Å². The summed E-state index contributed by atoms with van der Waals surface area (Å²) in [5.41, 5.74) is 0.0959. The molecule has 0 bridgehead atoms. The average Bonchev–Trinajstić information content (AvgIpc) is 2.34. The molecule has 4 heteroatoms. The molecule has 0 spiro atoms. The van der Waals surface area contributed by atoms with Crippen molar-refractivity contribution in [1.82, 2.24) is 10.2 Å². The van der Waals surface area contributed by atoms with Crippen molar-refractivity contribution in [2.75, 3.05) is 26.7 Å². The summed E-state index contributed by atoms with van der Waals surface area (Å²) in [5.74, 6) is -0.148. The van der Waals surface area contributed by atoms with Crippen LogP contribution in [0.25, 0.3) is 0 Å². The molecule has 0 aliphatic carbocycles. The molecule has 0 fully saturated rings. The summed E-state index contributed by atoms with van der Waals surface area (Å²) in [7, 11) is 2.06. The Morgan fingerprint density at radius 2 is 1.94 bits per heavy atom. The van der Waals surface area contributed by atoms with Crippen LogP contribution < -0.4 is 5.32 Å². The molecule has 0 aliphatic rings. The molecule has 0 aliphatic heterocycles. The first-order valence-electron chi connectivity index (χ1n) is 7.00. The molecule has 1 unspecified atom stereocenters. The standard InChI is InChI=1S/C14H30N2O2/c1-7-10-15-12(13(17)18-9-3)11-16(6)14(4,5)8-2/h12,15H,7-11H2,1-6H3. The van der Waals surface area contributed by atoms with Gasteiger partial charge in [0.1, 0.15) is 6.04 Å². The molecular weight excluding hydrogens is 228 g/mol. The zero-order chi connectivity index (χ0) is 14.2. The number of ether oxygens (including phenoxy) is 1. The van der Waals surface area contributed by atoms with Gasteiger partial charge in [-0.1, -0.05) is 13.8 Å². The molecule has 4 nitrogen and oxygen atoms in total. The molecule has 0 aromatic heterocycles. The van der Waals surface area contributed by atoms with Gasteiger partial charge in [-0.25, -0.2) is 0 Å². The molecule has 1 atom stereocenters. The lowest BCUT2D eigenvalue weighted by Gasteiger charge is -2.36. The Hall–Kier alpha value is -0.610. The zero-order valence-electron chi connectivity index (χ0n) is 12.9. The molecule has 1 N–H and O–H groups in total. The van der Waals surface area contributed by atoms with Gasteiger partial charge >= 0.3 is 5.97 Å². The van der Waals surface area contributed by atoms with Crippen LogP contribution in [0.3, 0.4) is 0 Å². The van der Waals surface area contributed by atoms with E-state index in [1.165, 1.54) is 0 Å². The van der Waals surface area contributed by atoms with Crippen molar-refractivity contribution in [2.24, 2.45) is 0 Å². The van der Waals surface area contributed by atoms with Gasteiger partial charge in [-0.15, -0.1) is 0 Å². The van der Waals surface area contributed by atoms with Gasteiger partial charge in [-0.05, 0) is 47.2 Å². The largest absolute Gasteiger partial charge is 0.465 e. The van der Waals surface area contributed by atoms with Crippen molar-refractivity contribution < 1.29 is 9.53 Å². The monoisotopic (exact) mass is 258 g/mol. The van der Waals surface area contributed by atoms with Crippen molar-refractivity contribution in [3.05, 3.63) is 0 Å². The van der Waals surface area contributed by atoms with Crippen molar-refractivity contribution in [3.63, 3.8) is 0 Å². The molecule has 0 saturated carbocycles. The molecule has 18 heavy (non-hydrogen) atoms. The van der Waals surface area contributed by atoms with Crippen LogP contribution in [0, 0.1) is 0 Å². The Labute approximate surface area is 112 Å². The number of hydrogen-bond acceptors (Lipinski definition) is 4. The molecule has 0 rings (SSSR count). The Balaban J connectivity index is 4.52. The van der Waals surface area contributed by atoms with Crippen molar-refractivity contribution in [1.29, 1.82) is 0 Å². The van der Waals surface area contributed by atoms with E-state index in [4.69, 9.17) is 4.74 Å². The normalized spacial score (nSPS) is 13.7. The molecule has 0 saturated heterocycles. The lowest BCUT2D eigenvalue weighted by Crippen LogP contribution is -2.51. The molecule has 0 radical (unpaired) electrons. The number of esters is 1. The lowest BCUT2D eigenvalue weighted by molar-refractivity contribution is -0.146. The van der Waals surface area contributed by atoms with E-state index >= 15 is 0 Å². The number of nitrogens with one attached hydrogen (secondary N) is 1. The Morgan fingerprint density at radius 1 is 1.33 bits per heavy atom. The fraction of sp³-hybridized carbons (Fsp3) is 0.929. The highest BCUT2D eigenvalue weighted by molar-refractivity contribution is 5.76. The van der Waals surface area contributed by atoms with E-state index in [9.17, 15) is 4.79 Å². The summed E-state index contributed by atoms with van der Waals surface area (Å²) in [6.07, 6.45) is 2.06. The molecular formula is C14H30N2O2. The maximum Gasteiger partial charge on any atom is 0.324 e. The summed E-state index contributed by atoms with van der Waals surface area (Å²) in [6, 6.07) is -0.235. The zero-order valence-corrected chi connectivity index (χ0v) is 12.9. The van der Waals surface area contributed by atoms with Crippen LogP contribution in [-0.2, 0) is 9.53 Å². The van der Waals surface area contributed by atoms with Gasteiger partial charge in [0.2, 0.25) is 0 Å². The number of carbonyl (C=O) groups is 1. The molecule has 0 heterocycles. The first kappa shape index (κ1) is 17.4. The van der Waals surface area contributed by atoms with E-state index < -0.39 is 0 Å². The molecule has 0 aromatic carbocycles. The second kappa shape index (κ2) is 8.48. The third kappa shape index (κ3) is 5.83. The number of carbonyl (C=O) groups excluding carboxylic acids is 1. The van der Waals surface area contributed by atoms with Gasteiger partial charge in [0.25, 0.3) is 0 Å². The van der Waals surface area contributed by atoms with E-state index in [1.54, 1.807) is 0 Å². The van der Waals surface area contributed by atoms with Gasteiger partial charge in [-0.2, -0.15) is 0 Å². The predicted octanol–water partition coefficient (Wildman–Crippen LogP) is 2.04. The summed E-state index contributed by atoms with van der Waals surface area (Å²) >= 11 is 0. The lowest BCUT2D eigenvalue weighted by atomic mass is 9.99. The third-order valence-corrected chi connectivity index (χ3v) is 3.57. The Bertz CT molecular complexity index is 242. The second-order valence-electron chi connectivity index (χ2n) is 5.31.